The molecule has 11 heavy (non-hydrogen) atoms. The van der Waals surface area contributed by atoms with Crippen molar-refractivity contribution in [1.29, 1.82) is 0 Å². The second kappa shape index (κ2) is 2.46. The molecule has 64 valence electrons. The van der Waals surface area contributed by atoms with Crippen LogP contribution < -0.4 is 0 Å². The van der Waals surface area contributed by atoms with Gasteiger partial charge in [-0.25, -0.2) is 0 Å². The molecule has 2 unspecified atom stereocenters. The SMILES string of the molecule is CC12CCCN1CCCC2O. The van der Waals surface area contributed by atoms with Crippen LogP contribution in [0.25, 0.3) is 0 Å². The highest BCUT2D eigenvalue weighted by Gasteiger charge is 2.44. The average molecular weight is 155 g/mol. The van der Waals surface area contributed by atoms with Gasteiger partial charge in [0.05, 0.1) is 6.10 Å². The van der Waals surface area contributed by atoms with Gasteiger partial charge in [0.1, 0.15) is 0 Å². The van der Waals surface area contributed by atoms with E-state index in [-0.39, 0.29) is 11.6 Å². The van der Waals surface area contributed by atoms with Crippen molar-refractivity contribution in [3.05, 3.63) is 0 Å². The average Bonchev–Trinajstić information content (AvgIpc) is 2.34. The molecule has 2 heterocycles. The number of piperidine rings is 1. The molecule has 2 aliphatic heterocycles. The van der Waals surface area contributed by atoms with Gasteiger partial charge in [-0.1, -0.05) is 0 Å². The molecule has 0 aliphatic carbocycles. The lowest BCUT2D eigenvalue weighted by Crippen LogP contribution is -2.54. The van der Waals surface area contributed by atoms with Crippen molar-refractivity contribution >= 4 is 0 Å². The summed E-state index contributed by atoms with van der Waals surface area (Å²) in [7, 11) is 0. The molecule has 0 bridgehead atoms. The van der Waals surface area contributed by atoms with E-state index in [1.807, 2.05) is 0 Å². The van der Waals surface area contributed by atoms with E-state index in [1.54, 1.807) is 0 Å². The number of hydrogen-bond acceptors (Lipinski definition) is 2. The van der Waals surface area contributed by atoms with Gasteiger partial charge in [-0.2, -0.15) is 0 Å². The van der Waals surface area contributed by atoms with Gasteiger partial charge in [0.25, 0.3) is 0 Å². The van der Waals surface area contributed by atoms with Gasteiger partial charge in [0.15, 0.2) is 0 Å². The zero-order valence-electron chi connectivity index (χ0n) is 7.21. The molecule has 2 fully saturated rings. The molecule has 0 radical (unpaired) electrons. The van der Waals surface area contributed by atoms with E-state index >= 15 is 0 Å². The Labute approximate surface area is 68.2 Å². The third-order valence-corrected chi connectivity index (χ3v) is 3.46. The topological polar surface area (TPSA) is 23.5 Å². The van der Waals surface area contributed by atoms with Crippen LogP contribution in [0.1, 0.15) is 32.6 Å². The number of nitrogens with zero attached hydrogens (tertiary/aromatic N) is 1. The first-order valence-corrected chi connectivity index (χ1v) is 4.66. The van der Waals surface area contributed by atoms with Crippen molar-refractivity contribution in [2.24, 2.45) is 0 Å². The summed E-state index contributed by atoms with van der Waals surface area (Å²) < 4.78 is 0. The molecule has 2 nitrogen and oxygen atoms in total. The summed E-state index contributed by atoms with van der Waals surface area (Å²) in [6, 6.07) is 0. The summed E-state index contributed by atoms with van der Waals surface area (Å²) in [6.07, 6.45) is 4.57. The Morgan fingerprint density at radius 3 is 2.82 bits per heavy atom. The highest BCUT2D eigenvalue weighted by molar-refractivity contribution is 5.00. The lowest BCUT2D eigenvalue weighted by Gasteiger charge is -2.43. The molecule has 2 rings (SSSR count). The second-order valence-electron chi connectivity index (χ2n) is 4.11. The number of rotatable bonds is 0. The third-order valence-electron chi connectivity index (χ3n) is 3.46. The quantitative estimate of drug-likeness (QED) is 0.564. The summed E-state index contributed by atoms with van der Waals surface area (Å²) in [4.78, 5) is 2.46. The molecule has 2 atom stereocenters. The van der Waals surface area contributed by atoms with E-state index in [1.165, 1.54) is 32.4 Å². The van der Waals surface area contributed by atoms with Gasteiger partial charge in [0, 0.05) is 5.54 Å². The minimum Gasteiger partial charge on any atom is -0.391 e. The molecule has 2 heteroatoms. The van der Waals surface area contributed by atoms with Gasteiger partial charge in [-0.15, -0.1) is 0 Å². The van der Waals surface area contributed by atoms with Gasteiger partial charge in [-0.3, -0.25) is 4.90 Å². The second-order valence-corrected chi connectivity index (χ2v) is 4.11. The summed E-state index contributed by atoms with van der Waals surface area (Å²) in [6.45, 7) is 4.62. The standard InChI is InChI=1S/C9H17NO/c1-9-5-3-7-10(9)6-2-4-8(9)11/h8,11H,2-7H2,1H3. The molecule has 0 spiro atoms. The molecule has 0 aromatic heterocycles. The van der Waals surface area contributed by atoms with Crippen LogP contribution in [-0.2, 0) is 0 Å². The van der Waals surface area contributed by atoms with Crippen molar-refractivity contribution in [2.45, 2.75) is 44.2 Å². The fourth-order valence-electron chi connectivity index (χ4n) is 2.57. The van der Waals surface area contributed by atoms with Crippen molar-refractivity contribution in [1.82, 2.24) is 4.90 Å². The molecule has 0 amide bonds. The molecular formula is C9H17NO. The van der Waals surface area contributed by atoms with Crippen LogP contribution in [0.15, 0.2) is 0 Å². The fraction of sp³-hybridized carbons (Fsp3) is 1.00. The van der Waals surface area contributed by atoms with Crippen molar-refractivity contribution < 1.29 is 5.11 Å². The highest BCUT2D eigenvalue weighted by atomic mass is 16.3. The van der Waals surface area contributed by atoms with Crippen LogP contribution in [0.2, 0.25) is 0 Å². The first kappa shape index (κ1) is 7.56. The number of fused-ring (bicyclic) bond motifs is 1. The van der Waals surface area contributed by atoms with Crippen LogP contribution >= 0.6 is 0 Å². The minimum atomic E-state index is -0.0706. The van der Waals surface area contributed by atoms with Gasteiger partial charge in [0.2, 0.25) is 0 Å². The molecule has 2 aliphatic rings. The maximum absolute atomic E-state index is 9.80. The first-order valence-electron chi connectivity index (χ1n) is 4.66. The lowest BCUT2D eigenvalue weighted by atomic mass is 9.85. The van der Waals surface area contributed by atoms with Crippen LogP contribution in [0.3, 0.4) is 0 Å². The Bertz CT molecular complexity index is 160. The molecule has 0 aromatic rings. The van der Waals surface area contributed by atoms with Gasteiger partial charge in [-0.05, 0) is 45.7 Å². The first-order chi connectivity index (χ1) is 5.23. The largest absolute Gasteiger partial charge is 0.391 e. The monoisotopic (exact) mass is 155 g/mol. The van der Waals surface area contributed by atoms with Gasteiger partial charge < -0.3 is 5.11 Å². The zero-order valence-corrected chi connectivity index (χ0v) is 7.21. The van der Waals surface area contributed by atoms with Crippen molar-refractivity contribution in [3.8, 4) is 0 Å². The van der Waals surface area contributed by atoms with Crippen molar-refractivity contribution in [3.63, 3.8) is 0 Å². The maximum atomic E-state index is 9.80. The minimum absolute atomic E-state index is 0.0706. The maximum Gasteiger partial charge on any atom is 0.0721 e. The summed E-state index contributed by atoms with van der Waals surface area (Å²) in [5.41, 5.74) is 0.137. The number of aliphatic hydroxyl groups is 1. The molecule has 2 saturated heterocycles. The van der Waals surface area contributed by atoms with Gasteiger partial charge >= 0.3 is 0 Å². The summed E-state index contributed by atoms with van der Waals surface area (Å²) in [5, 5.41) is 9.80. The molecule has 0 aromatic carbocycles. The Morgan fingerprint density at radius 2 is 2.09 bits per heavy atom. The summed E-state index contributed by atoms with van der Waals surface area (Å²) in [5.74, 6) is 0. The van der Waals surface area contributed by atoms with E-state index in [0.29, 0.717) is 0 Å². The highest BCUT2D eigenvalue weighted by Crippen LogP contribution is 2.36. The van der Waals surface area contributed by atoms with Crippen molar-refractivity contribution in [2.75, 3.05) is 13.1 Å². The van der Waals surface area contributed by atoms with Crippen LogP contribution in [0, 0.1) is 0 Å². The van der Waals surface area contributed by atoms with E-state index in [2.05, 4.69) is 11.8 Å². The van der Waals surface area contributed by atoms with E-state index in [0.717, 1.165) is 6.42 Å². The smallest absolute Gasteiger partial charge is 0.0721 e. The Hall–Kier alpha value is -0.0800. The van der Waals surface area contributed by atoms with E-state index < -0.39 is 0 Å². The third kappa shape index (κ3) is 1.00. The van der Waals surface area contributed by atoms with Crippen LogP contribution in [-0.4, -0.2) is 34.7 Å². The number of hydrogen-bond donors (Lipinski definition) is 1. The Morgan fingerprint density at radius 1 is 1.36 bits per heavy atom. The van der Waals surface area contributed by atoms with E-state index in [9.17, 15) is 5.11 Å². The fourth-order valence-corrected chi connectivity index (χ4v) is 2.57. The summed E-state index contributed by atoms with van der Waals surface area (Å²) >= 11 is 0. The molecule has 1 N–H and O–H groups in total. The predicted molar refractivity (Wildman–Crippen MR) is 44.5 cm³/mol. The van der Waals surface area contributed by atoms with E-state index in [4.69, 9.17) is 0 Å². The zero-order chi connectivity index (χ0) is 7.90. The molecule has 0 saturated carbocycles. The molecular weight excluding hydrogens is 138 g/mol. The normalized spacial score (nSPS) is 45.8. The predicted octanol–water partition coefficient (Wildman–Crippen LogP) is 0.996. The lowest BCUT2D eigenvalue weighted by molar-refractivity contribution is -0.0297. The Kier molecular flexibility index (Phi) is 1.69. The number of aliphatic hydroxyl groups excluding tert-OH is 1. The Balaban J connectivity index is 2.17. The van der Waals surface area contributed by atoms with Crippen LogP contribution in [0.4, 0.5) is 0 Å². The van der Waals surface area contributed by atoms with Crippen LogP contribution in [0.5, 0.6) is 0 Å².